The third-order valence-electron chi connectivity index (χ3n) is 4.14. The number of rotatable bonds is 7. The van der Waals surface area contributed by atoms with E-state index in [-0.39, 0.29) is 30.5 Å². The van der Waals surface area contributed by atoms with E-state index in [0.717, 1.165) is 5.69 Å². The standard InChI is InChI=1S/C19H22N2O5S/c1-2-25-16-8-10-18(11-9-16)27(23,24)20-12-17-13-21(19(22)14-26-17)15-6-4-3-5-7-15/h3-11,17,20H,2,12-14H2,1H3. The number of nitrogens with zero attached hydrogens (tertiary/aromatic N) is 1. The second-order valence-electron chi connectivity index (χ2n) is 6.03. The summed E-state index contributed by atoms with van der Waals surface area (Å²) in [7, 11) is -3.68. The average Bonchev–Trinajstić information content (AvgIpc) is 2.69. The van der Waals surface area contributed by atoms with Crippen molar-refractivity contribution in [3.05, 3.63) is 54.6 Å². The third-order valence-corrected chi connectivity index (χ3v) is 5.58. The molecule has 0 aliphatic carbocycles. The van der Waals surface area contributed by atoms with E-state index in [9.17, 15) is 13.2 Å². The van der Waals surface area contributed by atoms with Crippen molar-refractivity contribution < 1.29 is 22.7 Å². The largest absolute Gasteiger partial charge is 0.494 e. The number of sulfonamides is 1. The van der Waals surface area contributed by atoms with Crippen LogP contribution in [-0.2, 0) is 19.6 Å². The lowest BCUT2D eigenvalue weighted by Crippen LogP contribution is -2.50. The van der Waals surface area contributed by atoms with Gasteiger partial charge in [0, 0.05) is 12.2 Å². The van der Waals surface area contributed by atoms with E-state index < -0.39 is 16.1 Å². The maximum Gasteiger partial charge on any atom is 0.253 e. The van der Waals surface area contributed by atoms with Crippen LogP contribution in [0.15, 0.2) is 59.5 Å². The van der Waals surface area contributed by atoms with Gasteiger partial charge in [-0.15, -0.1) is 0 Å². The molecule has 1 heterocycles. The van der Waals surface area contributed by atoms with Crippen LogP contribution in [0.4, 0.5) is 5.69 Å². The Balaban J connectivity index is 1.62. The Morgan fingerprint density at radius 2 is 1.85 bits per heavy atom. The molecular weight excluding hydrogens is 368 g/mol. The zero-order valence-electron chi connectivity index (χ0n) is 15.0. The maximum atomic E-state index is 12.5. The first kappa shape index (κ1) is 19.3. The van der Waals surface area contributed by atoms with Crippen LogP contribution in [0.1, 0.15) is 6.92 Å². The van der Waals surface area contributed by atoms with Crippen molar-refractivity contribution in [2.24, 2.45) is 0 Å². The number of hydrogen-bond acceptors (Lipinski definition) is 5. The van der Waals surface area contributed by atoms with Gasteiger partial charge in [0.25, 0.3) is 5.91 Å². The molecule has 27 heavy (non-hydrogen) atoms. The molecule has 144 valence electrons. The number of para-hydroxylation sites is 1. The molecule has 8 heteroatoms. The molecule has 1 atom stereocenters. The minimum absolute atomic E-state index is 0.0756. The molecule has 0 aromatic heterocycles. The van der Waals surface area contributed by atoms with E-state index in [1.165, 1.54) is 12.1 Å². The number of ether oxygens (including phenoxy) is 2. The second kappa shape index (κ2) is 8.51. The Hall–Kier alpha value is -2.42. The fourth-order valence-electron chi connectivity index (χ4n) is 2.77. The van der Waals surface area contributed by atoms with Crippen LogP contribution in [0, 0.1) is 0 Å². The summed E-state index contributed by atoms with van der Waals surface area (Å²) >= 11 is 0. The average molecular weight is 390 g/mol. The lowest BCUT2D eigenvalue weighted by Gasteiger charge is -2.32. The molecular formula is C19H22N2O5S. The predicted octanol–water partition coefficient (Wildman–Crippen LogP) is 1.80. The second-order valence-corrected chi connectivity index (χ2v) is 7.80. The molecule has 2 aromatic carbocycles. The number of morpholine rings is 1. The number of anilines is 1. The lowest BCUT2D eigenvalue weighted by molar-refractivity contribution is -0.129. The monoisotopic (exact) mass is 390 g/mol. The topological polar surface area (TPSA) is 84.9 Å². The molecule has 0 bridgehead atoms. The first-order valence-corrected chi connectivity index (χ1v) is 10.2. The summed E-state index contributed by atoms with van der Waals surface area (Å²) < 4.78 is 38.3. The Morgan fingerprint density at radius 3 is 2.52 bits per heavy atom. The molecule has 2 aromatic rings. The van der Waals surface area contributed by atoms with Crippen LogP contribution in [0.2, 0.25) is 0 Å². The molecule has 1 fully saturated rings. The quantitative estimate of drug-likeness (QED) is 0.779. The van der Waals surface area contributed by atoms with E-state index in [1.807, 2.05) is 37.3 Å². The van der Waals surface area contributed by atoms with Gasteiger partial charge in [-0.1, -0.05) is 18.2 Å². The van der Waals surface area contributed by atoms with E-state index in [0.29, 0.717) is 12.4 Å². The molecule has 0 radical (unpaired) electrons. The fraction of sp³-hybridized carbons (Fsp3) is 0.316. The van der Waals surface area contributed by atoms with Crippen LogP contribution in [-0.4, -0.2) is 46.7 Å². The van der Waals surface area contributed by atoms with Gasteiger partial charge >= 0.3 is 0 Å². The van der Waals surface area contributed by atoms with E-state index >= 15 is 0 Å². The third kappa shape index (κ3) is 4.85. The summed E-state index contributed by atoms with van der Waals surface area (Å²) in [6.07, 6.45) is -0.430. The van der Waals surface area contributed by atoms with Crippen LogP contribution in [0.3, 0.4) is 0 Å². The molecule has 1 saturated heterocycles. The van der Waals surface area contributed by atoms with Gasteiger partial charge in [-0.25, -0.2) is 13.1 Å². The fourth-order valence-corrected chi connectivity index (χ4v) is 3.84. The van der Waals surface area contributed by atoms with Crippen LogP contribution < -0.4 is 14.4 Å². The number of benzene rings is 2. The summed E-state index contributed by atoms with van der Waals surface area (Å²) in [5.74, 6) is 0.468. The summed E-state index contributed by atoms with van der Waals surface area (Å²) in [6, 6.07) is 15.5. The molecule has 0 saturated carbocycles. The number of nitrogens with one attached hydrogen (secondary N) is 1. The zero-order valence-corrected chi connectivity index (χ0v) is 15.8. The maximum absolute atomic E-state index is 12.5. The first-order valence-electron chi connectivity index (χ1n) is 8.69. The van der Waals surface area contributed by atoms with Crippen molar-refractivity contribution in [3.63, 3.8) is 0 Å². The lowest BCUT2D eigenvalue weighted by atomic mass is 10.2. The van der Waals surface area contributed by atoms with Crippen LogP contribution in [0.5, 0.6) is 5.75 Å². The Morgan fingerprint density at radius 1 is 1.15 bits per heavy atom. The molecule has 1 N–H and O–H groups in total. The zero-order chi connectivity index (χ0) is 19.3. The van der Waals surface area contributed by atoms with E-state index in [4.69, 9.17) is 9.47 Å². The minimum atomic E-state index is -3.68. The SMILES string of the molecule is CCOc1ccc(S(=O)(=O)NCC2CN(c3ccccc3)C(=O)CO2)cc1. The Bertz CT molecular complexity index is 869. The first-order chi connectivity index (χ1) is 13.0. The normalized spacial score (nSPS) is 17.7. The van der Waals surface area contributed by atoms with Crippen molar-refractivity contribution >= 4 is 21.6 Å². The van der Waals surface area contributed by atoms with Crippen LogP contribution >= 0.6 is 0 Å². The van der Waals surface area contributed by atoms with Crippen molar-refractivity contribution in [1.82, 2.24) is 4.72 Å². The molecule has 1 aliphatic heterocycles. The van der Waals surface area contributed by atoms with Crippen molar-refractivity contribution in [1.29, 1.82) is 0 Å². The van der Waals surface area contributed by atoms with Gasteiger partial charge in [0.15, 0.2) is 0 Å². The summed E-state index contributed by atoms with van der Waals surface area (Å²) in [5, 5.41) is 0. The van der Waals surface area contributed by atoms with Crippen molar-refractivity contribution in [2.75, 3.05) is 31.2 Å². The highest BCUT2D eigenvalue weighted by molar-refractivity contribution is 7.89. The molecule has 1 amide bonds. The van der Waals surface area contributed by atoms with Gasteiger partial charge in [0.1, 0.15) is 12.4 Å². The van der Waals surface area contributed by atoms with Gasteiger partial charge in [0.2, 0.25) is 10.0 Å². The van der Waals surface area contributed by atoms with Crippen molar-refractivity contribution in [2.45, 2.75) is 17.9 Å². The molecule has 0 spiro atoms. The highest BCUT2D eigenvalue weighted by atomic mass is 32.2. The summed E-state index contributed by atoms with van der Waals surface area (Å²) in [5.41, 5.74) is 0.769. The smallest absolute Gasteiger partial charge is 0.253 e. The van der Waals surface area contributed by atoms with Gasteiger partial charge in [-0.3, -0.25) is 4.79 Å². The van der Waals surface area contributed by atoms with Gasteiger partial charge in [0.05, 0.1) is 24.2 Å². The summed E-state index contributed by atoms with van der Waals surface area (Å²) in [4.78, 5) is 13.9. The van der Waals surface area contributed by atoms with Gasteiger partial charge < -0.3 is 14.4 Å². The number of carbonyl (C=O) groups is 1. The molecule has 3 rings (SSSR count). The van der Waals surface area contributed by atoms with Gasteiger partial charge in [-0.05, 0) is 43.3 Å². The van der Waals surface area contributed by atoms with Gasteiger partial charge in [-0.2, -0.15) is 0 Å². The number of hydrogen-bond donors (Lipinski definition) is 1. The molecule has 1 unspecified atom stereocenters. The van der Waals surface area contributed by atoms with Crippen LogP contribution in [0.25, 0.3) is 0 Å². The molecule has 7 nitrogen and oxygen atoms in total. The summed E-state index contributed by atoms with van der Waals surface area (Å²) in [6.45, 7) is 2.66. The highest BCUT2D eigenvalue weighted by Gasteiger charge is 2.28. The minimum Gasteiger partial charge on any atom is -0.494 e. The Labute approximate surface area is 158 Å². The Kier molecular flexibility index (Phi) is 6.10. The molecule has 1 aliphatic rings. The van der Waals surface area contributed by atoms with E-state index in [2.05, 4.69) is 4.72 Å². The number of amides is 1. The number of carbonyl (C=O) groups excluding carboxylic acids is 1. The van der Waals surface area contributed by atoms with Crippen molar-refractivity contribution in [3.8, 4) is 5.75 Å². The highest BCUT2D eigenvalue weighted by Crippen LogP contribution is 2.19. The van der Waals surface area contributed by atoms with E-state index in [1.54, 1.807) is 17.0 Å². The predicted molar refractivity (Wildman–Crippen MR) is 101 cm³/mol.